The number of hydrogen-bond acceptors (Lipinski definition) is 4. The topological polar surface area (TPSA) is 56.7 Å². The van der Waals surface area contributed by atoms with Gasteiger partial charge in [-0.1, -0.05) is 13.8 Å². The average Bonchev–Trinajstić information content (AvgIpc) is 2.77. The Hall–Kier alpha value is -1.65. The van der Waals surface area contributed by atoms with E-state index in [1.807, 2.05) is 31.5 Å². The molecule has 0 aliphatic rings. The average molecular weight is 206 g/mol. The highest BCUT2D eigenvalue weighted by molar-refractivity contribution is 4.94. The summed E-state index contributed by atoms with van der Waals surface area (Å²) in [5.41, 5.74) is 0. The monoisotopic (exact) mass is 206 g/mol. The van der Waals surface area contributed by atoms with Gasteiger partial charge < -0.3 is 8.98 Å². The van der Waals surface area contributed by atoms with Gasteiger partial charge in [0.25, 0.3) is 0 Å². The van der Waals surface area contributed by atoms with Crippen molar-refractivity contribution in [3.05, 3.63) is 30.0 Å². The summed E-state index contributed by atoms with van der Waals surface area (Å²) in [6, 6.07) is 0. The van der Waals surface area contributed by atoms with E-state index >= 15 is 0 Å². The minimum Gasteiger partial charge on any atom is -0.423 e. The van der Waals surface area contributed by atoms with E-state index in [1.54, 1.807) is 6.20 Å². The van der Waals surface area contributed by atoms with E-state index in [0.29, 0.717) is 18.3 Å². The summed E-state index contributed by atoms with van der Waals surface area (Å²) >= 11 is 0. The van der Waals surface area contributed by atoms with Crippen LogP contribution in [-0.2, 0) is 6.54 Å². The summed E-state index contributed by atoms with van der Waals surface area (Å²) in [5, 5.41) is 7.96. The molecule has 0 amide bonds. The van der Waals surface area contributed by atoms with Gasteiger partial charge in [0.1, 0.15) is 12.4 Å². The molecule has 5 heteroatoms. The first kappa shape index (κ1) is 9.89. The van der Waals surface area contributed by atoms with Crippen molar-refractivity contribution in [2.45, 2.75) is 33.2 Å². The van der Waals surface area contributed by atoms with Crippen molar-refractivity contribution in [3.63, 3.8) is 0 Å². The Kier molecular flexibility index (Phi) is 2.53. The molecule has 0 atom stereocenters. The predicted molar refractivity (Wildman–Crippen MR) is 54.5 cm³/mol. The van der Waals surface area contributed by atoms with Crippen LogP contribution in [0.1, 0.15) is 37.4 Å². The lowest BCUT2D eigenvalue weighted by molar-refractivity contribution is 0.421. The van der Waals surface area contributed by atoms with Crippen LogP contribution in [0.25, 0.3) is 0 Å². The van der Waals surface area contributed by atoms with Crippen molar-refractivity contribution in [1.29, 1.82) is 0 Å². The molecular formula is C10H14N4O. The highest BCUT2D eigenvalue weighted by Crippen LogP contribution is 2.12. The number of nitrogens with zero attached hydrogens (tertiary/aromatic N) is 4. The lowest BCUT2D eigenvalue weighted by Gasteiger charge is -1.99. The fourth-order valence-electron chi connectivity index (χ4n) is 1.28. The molecule has 2 rings (SSSR count). The molecule has 0 aromatic carbocycles. The lowest BCUT2D eigenvalue weighted by atomic mass is 10.2. The Bertz CT molecular complexity index is 444. The third-order valence-electron chi connectivity index (χ3n) is 2.21. The zero-order chi connectivity index (χ0) is 10.8. The van der Waals surface area contributed by atoms with Gasteiger partial charge in [-0.15, -0.1) is 10.2 Å². The van der Waals surface area contributed by atoms with Gasteiger partial charge in [-0.05, 0) is 6.92 Å². The first-order valence-electron chi connectivity index (χ1n) is 4.97. The number of rotatable bonds is 3. The van der Waals surface area contributed by atoms with Gasteiger partial charge in [0.15, 0.2) is 0 Å². The number of imidazole rings is 1. The minimum absolute atomic E-state index is 0.273. The predicted octanol–water partition coefficient (Wildman–Crippen LogP) is 1.75. The van der Waals surface area contributed by atoms with Crippen molar-refractivity contribution in [2.24, 2.45) is 0 Å². The lowest BCUT2D eigenvalue weighted by Crippen LogP contribution is -2.00. The van der Waals surface area contributed by atoms with Crippen LogP contribution < -0.4 is 0 Å². The molecule has 0 aliphatic carbocycles. The Labute approximate surface area is 88.2 Å². The molecule has 2 aromatic heterocycles. The highest BCUT2D eigenvalue weighted by atomic mass is 16.4. The maximum absolute atomic E-state index is 5.50. The van der Waals surface area contributed by atoms with Gasteiger partial charge in [0.2, 0.25) is 11.8 Å². The van der Waals surface area contributed by atoms with Crippen molar-refractivity contribution < 1.29 is 4.42 Å². The van der Waals surface area contributed by atoms with Crippen LogP contribution in [0.2, 0.25) is 0 Å². The Morgan fingerprint density at radius 1 is 1.40 bits per heavy atom. The van der Waals surface area contributed by atoms with Gasteiger partial charge in [-0.3, -0.25) is 0 Å². The van der Waals surface area contributed by atoms with E-state index in [4.69, 9.17) is 4.42 Å². The Morgan fingerprint density at radius 2 is 2.20 bits per heavy atom. The molecule has 0 unspecified atom stereocenters. The fourth-order valence-corrected chi connectivity index (χ4v) is 1.28. The number of hydrogen-bond donors (Lipinski definition) is 0. The van der Waals surface area contributed by atoms with E-state index in [2.05, 4.69) is 15.2 Å². The first-order valence-corrected chi connectivity index (χ1v) is 4.97. The van der Waals surface area contributed by atoms with Crippen LogP contribution >= 0.6 is 0 Å². The minimum atomic E-state index is 0.273. The van der Waals surface area contributed by atoms with Crippen LogP contribution in [0.5, 0.6) is 0 Å². The van der Waals surface area contributed by atoms with E-state index in [-0.39, 0.29) is 5.92 Å². The van der Waals surface area contributed by atoms with Gasteiger partial charge in [0.05, 0.1) is 0 Å². The molecule has 2 aromatic rings. The fraction of sp³-hybridized carbons (Fsp3) is 0.500. The first-order chi connectivity index (χ1) is 7.16. The summed E-state index contributed by atoms with van der Waals surface area (Å²) in [7, 11) is 0. The van der Waals surface area contributed by atoms with Crippen molar-refractivity contribution in [2.75, 3.05) is 0 Å². The zero-order valence-corrected chi connectivity index (χ0v) is 9.14. The summed E-state index contributed by atoms with van der Waals surface area (Å²) in [5.74, 6) is 2.52. The summed E-state index contributed by atoms with van der Waals surface area (Å²) in [4.78, 5) is 4.13. The molecule has 2 heterocycles. The van der Waals surface area contributed by atoms with E-state index in [9.17, 15) is 0 Å². The van der Waals surface area contributed by atoms with Gasteiger partial charge in [-0.2, -0.15) is 0 Å². The van der Waals surface area contributed by atoms with Crippen LogP contribution in [0.3, 0.4) is 0 Å². The number of aryl methyl sites for hydroxylation is 1. The van der Waals surface area contributed by atoms with Crippen LogP contribution in [0, 0.1) is 6.92 Å². The summed E-state index contributed by atoms with van der Waals surface area (Å²) in [6.07, 6.45) is 3.66. The molecule has 0 spiro atoms. The van der Waals surface area contributed by atoms with Crippen LogP contribution in [0.15, 0.2) is 16.8 Å². The van der Waals surface area contributed by atoms with Crippen molar-refractivity contribution >= 4 is 0 Å². The number of aromatic nitrogens is 4. The Morgan fingerprint density at radius 3 is 2.73 bits per heavy atom. The second-order valence-corrected chi connectivity index (χ2v) is 3.79. The molecule has 0 radical (unpaired) electrons. The summed E-state index contributed by atoms with van der Waals surface area (Å²) < 4.78 is 7.47. The molecule has 0 N–H and O–H groups in total. The normalized spacial score (nSPS) is 11.2. The third-order valence-corrected chi connectivity index (χ3v) is 2.21. The molecule has 80 valence electrons. The molecule has 0 saturated carbocycles. The van der Waals surface area contributed by atoms with E-state index in [0.717, 1.165) is 5.82 Å². The highest BCUT2D eigenvalue weighted by Gasteiger charge is 2.10. The largest absolute Gasteiger partial charge is 0.423 e. The van der Waals surface area contributed by atoms with Crippen molar-refractivity contribution in [3.8, 4) is 0 Å². The van der Waals surface area contributed by atoms with Crippen molar-refractivity contribution in [1.82, 2.24) is 19.7 Å². The molecule has 0 aliphatic heterocycles. The van der Waals surface area contributed by atoms with Gasteiger partial charge in [-0.25, -0.2) is 4.98 Å². The molecular weight excluding hydrogens is 192 g/mol. The van der Waals surface area contributed by atoms with E-state index in [1.165, 1.54) is 0 Å². The second-order valence-electron chi connectivity index (χ2n) is 3.79. The maximum Gasteiger partial charge on any atom is 0.236 e. The standard InChI is InChI=1S/C10H14N4O/c1-7(2)10-13-12-9(15-10)6-14-5-4-11-8(14)3/h4-5,7H,6H2,1-3H3. The van der Waals surface area contributed by atoms with Gasteiger partial charge >= 0.3 is 0 Å². The third kappa shape index (κ3) is 2.06. The SMILES string of the molecule is Cc1nccn1Cc1nnc(C(C)C)o1. The molecule has 0 fully saturated rings. The second kappa shape index (κ2) is 3.84. The zero-order valence-electron chi connectivity index (χ0n) is 9.14. The van der Waals surface area contributed by atoms with Crippen LogP contribution in [0.4, 0.5) is 0 Å². The smallest absolute Gasteiger partial charge is 0.236 e. The Balaban J connectivity index is 2.15. The maximum atomic E-state index is 5.50. The van der Waals surface area contributed by atoms with Crippen LogP contribution in [-0.4, -0.2) is 19.7 Å². The molecule has 0 saturated heterocycles. The molecule has 0 bridgehead atoms. The van der Waals surface area contributed by atoms with Gasteiger partial charge in [0, 0.05) is 18.3 Å². The quantitative estimate of drug-likeness (QED) is 0.767. The molecule has 5 nitrogen and oxygen atoms in total. The molecule has 15 heavy (non-hydrogen) atoms. The summed E-state index contributed by atoms with van der Waals surface area (Å²) in [6.45, 7) is 6.59. The van der Waals surface area contributed by atoms with E-state index < -0.39 is 0 Å².